The first-order chi connectivity index (χ1) is 12.0. The summed E-state index contributed by atoms with van der Waals surface area (Å²) < 4.78 is 0.850. The molecule has 1 aromatic carbocycles. The number of carbonyl (C=O) groups excluding carboxylic acids is 2. The number of hydrogen-bond donors (Lipinski definition) is 3. The average Bonchev–Trinajstić information content (AvgIpc) is 2.94. The molecule has 128 valence electrons. The molecule has 3 N–H and O–H groups in total. The predicted molar refractivity (Wildman–Crippen MR) is 98.1 cm³/mol. The van der Waals surface area contributed by atoms with Gasteiger partial charge in [-0.1, -0.05) is 23.1 Å². The molecule has 25 heavy (non-hydrogen) atoms. The summed E-state index contributed by atoms with van der Waals surface area (Å²) in [6.45, 7) is 1.44. The van der Waals surface area contributed by atoms with Gasteiger partial charge in [-0.2, -0.15) is 0 Å². The van der Waals surface area contributed by atoms with Crippen molar-refractivity contribution in [1.29, 1.82) is 0 Å². The summed E-state index contributed by atoms with van der Waals surface area (Å²) in [7, 11) is 0. The van der Waals surface area contributed by atoms with Crippen molar-refractivity contribution in [2.75, 3.05) is 16.4 Å². The summed E-state index contributed by atoms with van der Waals surface area (Å²) >= 11 is 2.44. The van der Waals surface area contributed by atoms with E-state index < -0.39 is 0 Å². The van der Waals surface area contributed by atoms with E-state index in [1.807, 2.05) is 0 Å². The molecule has 2 amide bonds. The van der Waals surface area contributed by atoms with E-state index in [1.165, 1.54) is 30.5 Å². The van der Waals surface area contributed by atoms with E-state index in [1.54, 1.807) is 18.2 Å². The van der Waals surface area contributed by atoms with Crippen molar-refractivity contribution < 1.29 is 9.59 Å². The van der Waals surface area contributed by atoms with Crippen LogP contribution in [-0.4, -0.2) is 32.5 Å². The maximum Gasteiger partial charge on any atom is 0.251 e. The van der Waals surface area contributed by atoms with E-state index in [2.05, 4.69) is 25.6 Å². The lowest BCUT2D eigenvalue weighted by Gasteiger charge is -2.00. The van der Waals surface area contributed by atoms with E-state index in [9.17, 15) is 14.4 Å². The number of benzene rings is 1. The van der Waals surface area contributed by atoms with Crippen LogP contribution in [0, 0.1) is 0 Å². The summed E-state index contributed by atoms with van der Waals surface area (Å²) in [5, 5.41) is 6.27. The van der Waals surface area contributed by atoms with Gasteiger partial charge < -0.3 is 15.6 Å². The van der Waals surface area contributed by atoms with Crippen molar-refractivity contribution in [2.45, 2.75) is 12.1 Å². The molecule has 0 aliphatic rings. The van der Waals surface area contributed by atoms with Crippen molar-refractivity contribution in [3.05, 3.63) is 40.8 Å². The number of nitrogens with one attached hydrogen (secondary N) is 3. The topological polar surface area (TPSA) is 117 Å². The Labute approximate surface area is 150 Å². The number of rotatable bonds is 5. The molecule has 0 fully saturated rings. The van der Waals surface area contributed by atoms with Gasteiger partial charge in [-0.3, -0.25) is 14.4 Å². The fraction of sp³-hybridized carbons (Fsp3) is 0.133. The number of thioether (sulfide) groups is 1. The largest absolute Gasteiger partial charge is 0.326 e. The van der Waals surface area contributed by atoms with Crippen LogP contribution in [-0.2, 0) is 9.59 Å². The van der Waals surface area contributed by atoms with Gasteiger partial charge in [0.05, 0.1) is 16.0 Å². The summed E-state index contributed by atoms with van der Waals surface area (Å²) in [4.78, 5) is 45.1. The Kier molecular flexibility index (Phi) is 5.10. The molecule has 3 rings (SSSR count). The number of nitrogens with zero attached hydrogens (tertiary/aromatic N) is 2. The van der Waals surface area contributed by atoms with E-state index in [0.717, 1.165) is 22.0 Å². The predicted octanol–water partition coefficient (Wildman–Crippen LogP) is 2.07. The van der Waals surface area contributed by atoms with Gasteiger partial charge in [-0.15, -0.1) is 0 Å². The summed E-state index contributed by atoms with van der Waals surface area (Å²) in [6.07, 6.45) is 1.39. The van der Waals surface area contributed by atoms with Crippen LogP contribution in [0.3, 0.4) is 0 Å². The SMILES string of the molecule is CC(=O)Nc1ccc2nc(NC(=O)CSc3nccc(=O)[nH]3)sc2c1. The van der Waals surface area contributed by atoms with Crippen molar-refractivity contribution in [2.24, 2.45) is 0 Å². The van der Waals surface area contributed by atoms with Crippen LogP contribution < -0.4 is 16.2 Å². The molecule has 10 heteroatoms. The minimum atomic E-state index is -0.265. The van der Waals surface area contributed by atoms with E-state index in [4.69, 9.17) is 0 Å². The van der Waals surface area contributed by atoms with Gasteiger partial charge >= 0.3 is 0 Å². The monoisotopic (exact) mass is 375 g/mol. The van der Waals surface area contributed by atoms with E-state index in [0.29, 0.717) is 16.0 Å². The number of hydrogen-bond acceptors (Lipinski definition) is 7. The second-order valence-electron chi connectivity index (χ2n) is 4.96. The molecule has 0 aliphatic carbocycles. The number of aromatic amines is 1. The number of amides is 2. The summed E-state index contributed by atoms with van der Waals surface area (Å²) in [5.74, 6) is -0.306. The van der Waals surface area contributed by atoms with Gasteiger partial charge in [0.15, 0.2) is 10.3 Å². The minimum Gasteiger partial charge on any atom is -0.326 e. The summed E-state index contributed by atoms with van der Waals surface area (Å²) in [5.41, 5.74) is 1.14. The van der Waals surface area contributed by atoms with Crippen LogP contribution in [0.5, 0.6) is 0 Å². The van der Waals surface area contributed by atoms with Crippen LogP contribution in [0.25, 0.3) is 10.2 Å². The Morgan fingerprint density at radius 3 is 2.88 bits per heavy atom. The van der Waals surface area contributed by atoms with Gasteiger partial charge in [0.2, 0.25) is 11.8 Å². The first kappa shape index (κ1) is 17.1. The van der Waals surface area contributed by atoms with E-state index in [-0.39, 0.29) is 23.1 Å². The average molecular weight is 375 g/mol. The Bertz CT molecular complexity index is 998. The Morgan fingerprint density at radius 2 is 2.12 bits per heavy atom. The number of H-pyrrole nitrogens is 1. The molecule has 0 aliphatic heterocycles. The molecule has 8 nitrogen and oxygen atoms in total. The highest BCUT2D eigenvalue weighted by Gasteiger charge is 2.10. The molecule has 0 atom stereocenters. The molecule has 3 aromatic rings. The highest BCUT2D eigenvalue weighted by Crippen LogP contribution is 2.28. The number of anilines is 2. The zero-order valence-electron chi connectivity index (χ0n) is 13.0. The quantitative estimate of drug-likeness (QED) is 0.464. The molecule has 2 aromatic heterocycles. The first-order valence-electron chi connectivity index (χ1n) is 7.16. The van der Waals surface area contributed by atoms with Crippen molar-refractivity contribution in [1.82, 2.24) is 15.0 Å². The van der Waals surface area contributed by atoms with Gasteiger partial charge in [-0.25, -0.2) is 9.97 Å². The molecule has 0 saturated carbocycles. The Balaban J connectivity index is 1.64. The minimum absolute atomic E-state index is 0.0972. The third kappa shape index (κ3) is 4.64. The number of thiazole rings is 1. The molecule has 2 heterocycles. The van der Waals surface area contributed by atoms with Crippen molar-refractivity contribution in [3.8, 4) is 0 Å². The Morgan fingerprint density at radius 1 is 1.28 bits per heavy atom. The lowest BCUT2D eigenvalue weighted by atomic mass is 10.3. The number of carbonyl (C=O) groups is 2. The second kappa shape index (κ2) is 7.45. The zero-order valence-corrected chi connectivity index (χ0v) is 14.7. The van der Waals surface area contributed by atoms with Gasteiger partial charge in [-0.05, 0) is 18.2 Å². The molecule has 0 saturated heterocycles. The highest BCUT2D eigenvalue weighted by molar-refractivity contribution is 7.99. The van der Waals surface area contributed by atoms with Crippen molar-refractivity contribution >= 4 is 55.9 Å². The molecular weight excluding hydrogens is 362 g/mol. The van der Waals surface area contributed by atoms with Crippen molar-refractivity contribution in [3.63, 3.8) is 0 Å². The fourth-order valence-corrected chi connectivity index (χ4v) is 3.54. The molecule has 0 unspecified atom stereocenters. The molecular formula is C15H13N5O3S2. The molecule has 0 bridgehead atoms. The van der Waals surface area contributed by atoms with E-state index >= 15 is 0 Å². The fourth-order valence-electron chi connectivity index (χ4n) is 1.97. The van der Waals surface area contributed by atoms with Crippen LogP contribution in [0.15, 0.2) is 40.4 Å². The number of aromatic nitrogens is 3. The molecule has 0 radical (unpaired) electrons. The maximum absolute atomic E-state index is 12.0. The highest BCUT2D eigenvalue weighted by atomic mass is 32.2. The Hall–Kier alpha value is -2.72. The molecule has 0 spiro atoms. The van der Waals surface area contributed by atoms with Crippen LogP contribution >= 0.6 is 23.1 Å². The first-order valence-corrected chi connectivity index (χ1v) is 8.96. The summed E-state index contributed by atoms with van der Waals surface area (Å²) in [6, 6.07) is 6.64. The van der Waals surface area contributed by atoms with Gasteiger partial charge in [0.25, 0.3) is 5.56 Å². The smallest absolute Gasteiger partial charge is 0.251 e. The lowest BCUT2D eigenvalue weighted by molar-refractivity contribution is -0.114. The second-order valence-corrected chi connectivity index (χ2v) is 6.95. The van der Waals surface area contributed by atoms with Crippen LogP contribution in [0.1, 0.15) is 6.92 Å². The lowest BCUT2D eigenvalue weighted by Crippen LogP contribution is -2.14. The third-order valence-electron chi connectivity index (χ3n) is 2.94. The van der Waals surface area contributed by atoms with Crippen LogP contribution in [0.2, 0.25) is 0 Å². The van der Waals surface area contributed by atoms with Gasteiger partial charge in [0.1, 0.15) is 0 Å². The standard InChI is InChI=1S/C15H13N5O3S2/c1-8(21)17-9-2-3-10-11(6-9)25-15(18-10)20-13(23)7-24-14-16-5-4-12(22)19-14/h2-6H,7H2,1H3,(H,17,21)(H,16,19,22)(H,18,20,23). The third-order valence-corrected chi connectivity index (χ3v) is 4.76. The van der Waals surface area contributed by atoms with Gasteiger partial charge in [0, 0.05) is 24.9 Å². The van der Waals surface area contributed by atoms with Crippen LogP contribution in [0.4, 0.5) is 10.8 Å². The zero-order chi connectivity index (χ0) is 17.8. The maximum atomic E-state index is 12.0. The normalized spacial score (nSPS) is 10.6. The number of fused-ring (bicyclic) bond motifs is 1.